The van der Waals surface area contributed by atoms with Crippen LogP contribution in [0.15, 0.2) is 30.3 Å². The van der Waals surface area contributed by atoms with Crippen molar-refractivity contribution in [3.8, 4) is 0 Å². The van der Waals surface area contributed by atoms with Gasteiger partial charge in [0.05, 0.1) is 0 Å². The molecule has 1 saturated heterocycles. The number of hydrogen-bond donors (Lipinski definition) is 0. The maximum atomic E-state index is 12.0. The van der Waals surface area contributed by atoms with Crippen molar-refractivity contribution < 1.29 is 23.9 Å². The molecular formula is C13H12ClNO5. The number of esters is 1. The molecular weight excluding hydrogens is 286 g/mol. The third-order valence-corrected chi connectivity index (χ3v) is 3.02. The van der Waals surface area contributed by atoms with Crippen molar-refractivity contribution in [2.24, 2.45) is 0 Å². The average Bonchev–Trinajstić information content (AvgIpc) is 2.72. The van der Waals surface area contributed by atoms with Gasteiger partial charge < -0.3 is 9.47 Å². The molecule has 0 aromatic heterocycles. The Hall–Kier alpha value is -2.08. The van der Waals surface area contributed by atoms with Crippen LogP contribution in [0.1, 0.15) is 12.5 Å². The number of cyclic esters (lactones) is 1. The molecule has 0 spiro atoms. The van der Waals surface area contributed by atoms with Gasteiger partial charge in [0.15, 0.2) is 6.23 Å². The molecule has 0 saturated carbocycles. The van der Waals surface area contributed by atoms with Gasteiger partial charge in [0.1, 0.15) is 6.61 Å². The fourth-order valence-corrected chi connectivity index (χ4v) is 2.06. The first-order chi connectivity index (χ1) is 9.50. The predicted octanol–water partition coefficient (Wildman–Crippen LogP) is 1.66. The van der Waals surface area contributed by atoms with Crippen LogP contribution in [0.5, 0.6) is 0 Å². The number of benzene rings is 1. The molecule has 0 N–H and O–H groups in total. The minimum absolute atomic E-state index is 0.0281. The van der Waals surface area contributed by atoms with Crippen molar-refractivity contribution in [3.63, 3.8) is 0 Å². The molecule has 7 heteroatoms. The van der Waals surface area contributed by atoms with E-state index in [2.05, 4.69) is 0 Å². The van der Waals surface area contributed by atoms with E-state index in [0.29, 0.717) is 0 Å². The predicted molar refractivity (Wildman–Crippen MR) is 68.7 cm³/mol. The van der Waals surface area contributed by atoms with E-state index in [1.807, 2.05) is 6.07 Å². The number of halogens is 1. The number of carbonyl (C=O) groups is 3. The van der Waals surface area contributed by atoms with Crippen LogP contribution in [0.3, 0.4) is 0 Å². The molecule has 1 unspecified atom stereocenters. The lowest BCUT2D eigenvalue weighted by Gasteiger charge is -2.21. The molecule has 1 fully saturated rings. The van der Waals surface area contributed by atoms with E-state index in [1.54, 1.807) is 24.3 Å². The molecule has 1 aromatic carbocycles. The highest BCUT2D eigenvalue weighted by Gasteiger charge is 2.47. The zero-order chi connectivity index (χ0) is 14.7. The minimum Gasteiger partial charge on any atom is -0.444 e. The number of hydrogen-bond acceptors (Lipinski definition) is 5. The van der Waals surface area contributed by atoms with Crippen LogP contribution in [0.4, 0.5) is 4.79 Å². The van der Waals surface area contributed by atoms with Gasteiger partial charge in [-0.1, -0.05) is 30.3 Å². The number of nitrogens with zero attached hydrogens (tertiary/aromatic N) is 1. The summed E-state index contributed by atoms with van der Waals surface area (Å²) < 4.78 is 9.86. The second kappa shape index (κ2) is 5.92. The van der Waals surface area contributed by atoms with Crippen LogP contribution in [0.2, 0.25) is 0 Å². The maximum Gasteiger partial charge on any atom is 0.414 e. The fraction of sp³-hybridized carbons (Fsp3) is 0.308. The molecule has 20 heavy (non-hydrogen) atoms. The van der Waals surface area contributed by atoms with Gasteiger partial charge in [-0.25, -0.2) is 14.5 Å². The molecule has 1 amide bonds. The number of amides is 1. The molecule has 1 aliphatic heterocycles. The Labute approximate surface area is 120 Å². The van der Waals surface area contributed by atoms with Gasteiger partial charge in [-0.05, 0) is 24.1 Å². The van der Waals surface area contributed by atoms with Gasteiger partial charge in [0, 0.05) is 0 Å². The topological polar surface area (TPSA) is 72.9 Å². The van der Waals surface area contributed by atoms with Gasteiger partial charge in [0.2, 0.25) is 6.04 Å². The Kier molecular flexibility index (Phi) is 4.24. The largest absolute Gasteiger partial charge is 0.444 e. The third kappa shape index (κ3) is 2.91. The van der Waals surface area contributed by atoms with Crippen LogP contribution in [-0.4, -0.2) is 34.5 Å². The van der Waals surface area contributed by atoms with Gasteiger partial charge in [-0.2, -0.15) is 0 Å². The van der Waals surface area contributed by atoms with Crippen molar-refractivity contribution in [2.75, 3.05) is 0 Å². The Morgan fingerprint density at radius 1 is 1.35 bits per heavy atom. The summed E-state index contributed by atoms with van der Waals surface area (Å²) >= 11 is 5.31. The second-order valence-corrected chi connectivity index (χ2v) is 4.56. The minimum atomic E-state index is -1.45. The number of ether oxygens (including phenoxy) is 2. The summed E-state index contributed by atoms with van der Waals surface area (Å²) in [6, 6.07) is 7.57. The maximum absolute atomic E-state index is 12.0. The molecule has 0 radical (unpaired) electrons. The Morgan fingerprint density at radius 3 is 2.60 bits per heavy atom. The highest BCUT2D eigenvalue weighted by atomic mass is 35.5. The van der Waals surface area contributed by atoms with Gasteiger partial charge in [0.25, 0.3) is 5.24 Å². The Bertz CT molecular complexity index is 533. The van der Waals surface area contributed by atoms with Crippen molar-refractivity contribution >= 4 is 28.9 Å². The van der Waals surface area contributed by atoms with Crippen LogP contribution in [0, 0.1) is 0 Å². The SMILES string of the molecule is CC1OC(=O)[C@@H](C(=O)Cl)N1C(=O)OCc1ccccc1. The zero-order valence-electron chi connectivity index (χ0n) is 10.6. The van der Waals surface area contributed by atoms with E-state index in [0.717, 1.165) is 10.5 Å². The lowest BCUT2D eigenvalue weighted by molar-refractivity contribution is -0.142. The van der Waals surface area contributed by atoms with E-state index >= 15 is 0 Å². The molecule has 2 rings (SSSR count). The smallest absolute Gasteiger partial charge is 0.414 e. The standard InChI is InChI=1S/C13H12ClNO5/c1-8-15(10(11(14)16)12(17)20-8)13(18)19-7-9-5-3-2-4-6-9/h2-6,8,10H,7H2,1H3/t8?,10-/m1/s1. The lowest BCUT2D eigenvalue weighted by atomic mass is 10.2. The van der Waals surface area contributed by atoms with Gasteiger partial charge in [-0.3, -0.25) is 4.79 Å². The number of rotatable bonds is 3. The van der Waals surface area contributed by atoms with Crippen LogP contribution in [-0.2, 0) is 25.7 Å². The molecule has 0 bridgehead atoms. The first-order valence-corrected chi connectivity index (χ1v) is 6.27. The average molecular weight is 298 g/mol. The summed E-state index contributed by atoms with van der Waals surface area (Å²) in [6.45, 7) is 1.49. The van der Waals surface area contributed by atoms with Crippen molar-refractivity contribution in [2.45, 2.75) is 25.8 Å². The lowest BCUT2D eigenvalue weighted by Crippen LogP contribution is -2.45. The van der Waals surface area contributed by atoms with Gasteiger partial charge >= 0.3 is 12.1 Å². The van der Waals surface area contributed by atoms with Crippen LogP contribution < -0.4 is 0 Å². The second-order valence-electron chi connectivity index (χ2n) is 4.19. The van der Waals surface area contributed by atoms with Crippen LogP contribution >= 0.6 is 11.6 Å². The molecule has 1 aromatic rings. The highest BCUT2D eigenvalue weighted by molar-refractivity contribution is 6.66. The highest BCUT2D eigenvalue weighted by Crippen LogP contribution is 2.21. The molecule has 1 aliphatic rings. The Balaban J connectivity index is 2.04. The molecule has 2 atom stereocenters. The van der Waals surface area contributed by atoms with Gasteiger partial charge in [-0.15, -0.1) is 0 Å². The summed E-state index contributed by atoms with van der Waals surface area (Å²) in [6.07, 6.45) is -1.72. The number of carbonyl (C=O) groups excluding carboxylic acids is 3. The monoisotopic (exact) mass is 297 g/mol. The van der Waals surface area contributed by atoms with Crippen molar-refractivity contribution in [1.29, 1.82) is 0 Å². The van der Waals surface area contributed by atoms with E-state index in [-0.39, 0.29) is 6.61 Å². The fourth-order valence-electron chi connectivity index (χ4n) is 1.86. The van der Waals surface area contributed by atoms with E-state index in [9.17, 15) is 14.4 Å². The van der Waals surface area contributed by atoms with E-state index in [4.69, 9.17) is 21.1 Å². The van der Waals surface area contributed by atoms with Crippen molar-refractivity contribution in [3.05, 3.63) is 35.9 Å². The first-order valence-electron chi connectivity index (χ1n) is 5.89. The summed E-state index contributed by atoms with van der Waals surface area (Å²) in [5.74, 6) is -0.853. The third-order valence-electron chi connectivity index (χ3n) is 2.81. The van der Waals surface area contributed by atoms with E-state index < -0.39 is 29.6 Å². The molecule has 6 nitrogen and oxygen atoms in total. The molecule has 1 heterocycles. The van der Waals surface area contributed by atoms with E-state index in [1.165, 1.54) is 6.92 Å². The molecule has 106 valence electrons. The first kappa shape index (κ1) is 14.3. The molecule has 0 aliphatic carbocycles. The normalized spacial score (nSPS) is 21.5. The Morgan fingerprint density at radius 2 is 2.00 bits per heavy atom. The summed E-state index contributed by atoms with van der Waals surface area (Å²) in [4.78, 5) is 35.5. The van der Waals surface area contributed by atoms with Crippen LogP contribution in [0.25, 0.3) is 0 Å². The summed E-state index contributed by atoms with van der Waals surface area (Å²) in [5.41, 5.74) is 0.786. The zero-order valence-corrected chi connectivity index (χ0v) is 11.4. The van der Waals surface area contributed by atoms with Crippen molar-refractivity contribution in [1.82, 2.24) is 4.90 Å². The summed E-state index contributed by atoms with van der Waals surface area (Å²) in [7, 11) is 0. The quantitative estimate of drug-likeness (QED) is 0.482. The summed E-state index contributed by atoms with van der Waals surface area (Å²) in [5, 5.41) is -0.976.